The molecule has 3 nitrogen and oxygen atoms in total. The molecule has 14 heavy (non-hydrogen) atoms. The van der Waals surface area contributed by atoms with Gasteiger partial charge in [-0.15, -0.1) is 0 Å². The van der Waals surface area contributed by atoms with Crippen LogP contribution in [0.15, 0.2) is 0 Å². The van der Waals surface area contributed by atoms with E-state index >= 15 is 0 Å². The minimum atomic E-state index is -2.94. The van der Waals surface area contributed by atoms with Crippen molar-refractivity contribution in [2.24, 2.45) is 17.6 Å². The lowest BCUT2D eigenvalue weighted by Crippen LogP contribution is -2.37. The van der Waals surface area contributed by atoms with Crippen LogP contribution < -0.4 is 5.73 Å². The largest absolute Gasteiger partial charge is 0.330 e. The molecule has 0 aromatic carbocycles. The summed E-state index contributed by atoms with van der Waals surface area (Å²) in [5, 5.41) is 0. The normalized spacial score (nSPS) is 33.9. The van der Waals surface area contributed by atoms with Crippen LogP contribution in [0.25, 0.3) is 0 Å². The standard InChI is InChI=1S/C9H18FNO2S/c1-7(10)4-9-6-14(12,13)3-2-8(9)5-11/h7-9H,2-6,11H2,1H3. The zero-order chi connectivity index (χ0) is 10.8. The third kappa shape index (κ3) is 3.20. The predicted molar refractivity (Wildman–Crippen MR) is 54.5 cm³/mol. The van der Waals surface area contributed by atoms with E-state index in [0.29, 0.717) is 19.4 Å². The van der Waals surface area contributed by atoms with Gasteiger partial charge in [0.15, 0.2) is 9.84 Å². The number of sulfone groups is 1. The van der Waals surface area contributed by atoms with Gasteiger partial charge in [-0.25, -0.2) is 12.8 Å². The van der Waals surface area contributed by atoms with Crippen molar-refractivity contribution >= 4 is 9.84 Å². The van der Waals surface area contributed by atoms with E-state index in [1.54, 1.807) is 0 Å². The van der Waals surface area contributed by atoms with Gasteiger partial charge < -0.3 is 5.73 Å². The molecule has 0 saturated carbocycles. The Kier molecular flexibility index (Phi) is 3.89. The second-order valence-corrected chi connectivity index (χ2v) is 6.40. The number of nitrogens with two attached hydrogens (primary N) is 1. The van der Waals surface area contributed by atoms with E-state index in [0.717, 1.165) is 0 Å². The fourth-order valence-corrected chi connectivity index (χ4v) is 3.99. The molecule has 1 saturated heterocycles. The Balaban J connectivity index is 2.65. The second-order valence-electron chi connectivity index (χ2n) is 4.18. The third-order valence-corrected chi connectivity index (χ3v) is 4.66. The highest BCUT2D eigenvalue weighted by atomic mass is 32.2. The van der Waals surface area contributed by atoms with Gasteiger partial charge in [-0.3, -0.25) is 0 Å². The molecule has 1 aliphatic heterocycles. The average molecular weight is 223 g/mol. The topological polar surface area (TPSA) is 60.2 Å². The first-order valence-corrected chi connectivity index (χ1v) is 6.81. The number of hydrogen-bond acceptors (Lipinski definition) is 3. The minimum Gasteiger partial charge on any atom is -0.330 e. The lowest BCUT2D eigenvalue weighted by molar-refractivity contribution is 0.239. The number of halogens is 1. The number of hydrogen-bond donors (Lipinski definition) is 1. The van der Waals surface area contributed by atoms with Crippen molar-refractivity contribution in [1.29, 1.82) is 0 Å². The maximum absolute atomic E-state index is 12.8. The fraction of sp³-hybridized carbons (Fsp3) is 1.00. The van der Waals surface area contributed by atoms with Crippen LogP contribution in [0.5, 0.6) is 0 Å². The number of alkyl halides is 1. The van der Waals surface area contributed by atoms with Gasteiger partial charge in [-0.05, 0) is 38.1 Å². The van der Waals surface area contributed by atoms with Crippen molar-refractivity contribution in [2.45, 2.75) is 25.9 Å². The van der Waals surface area contributed by atoms with Crippen LogP contribution in [-0.4, -0.2) is 32.6 Å². The summed E-state index contributed by atoms with van der Waals surface area (Å²) in [6.45, 7) is 1.93. The van der Waals surface area contributed by atoms with Crippen molar-refractivity contribution in [3.8, 4) is 0 Å². The van der Waals surface area contributed by atoms with Crippen LogP contribution in [0.2, 0.25) is 0 Å². The molecule has 5 heteroatoms. The summed E-state index contributed by atoms with van der Waals surface area (Å²) in [7, 11) is -2.94. The summed E-state index contributed by atoms with van der Waals surface area (Å²) >= 11 is 0. The molecule has 2 N–H and O–H groups in total. The van der Waals surface area contributed by atoms with Crippen LogP contribution in [0.4, 0.5) is 4.39 Å². The monoisotopic (exact) mass is 223 g/mol. The molecular weight excluding hydrogens is 205 g/mol. The zero-order valence-electron chi connectivity index (χ0n) is 8.45. The molecule has 3 atom stereocenters. The smallest absolute Gasteiger partial charge is 0.150 e. The zero-order valence-corrected chi connectivity index (χ0v) is 9.26. The van der Waals surface area contributed by atoms with E-state index in [1.165, 1.54) is 6.92 Å². The van der Waals surface area contributed by atoms with E-state index in [2.05, 4.69) is 0 Å². The van der Waals surface area contributed by atoms with Crippen LogP contribution in [-0.2, 0) is 9.84 Å². The Morgan fingerprint density at radius 1 is 1.50 bits per heavy atom. The molecule has 3 unspecified atom stereocenters. The lowest BCUT2D eigenvalue weighted by Gasteiger charge is -2.30. The van der Waals surface area contributed by atoms with Crippen molar-refractivity contribution in [1.82, 2.24) is 0 Å². The molecule has 1 aliphatic rings. The van der Waals surface area contributed by atoms with E-state index < -0.39 is 16.0 Å². The average Bonchev–Trinajstić information content (AvgIpc) is 2.01. The Bertz CT molecular complexity index is 277. The lowest BCUT2D eigenvalue weighted by atomic mass is 9.87. The summed E-state index contributed by atoms with van der Waals surface area (Å²) in [6, 6.07) is 0. The van der Waals surface area contributed by atoms with Crippen molar-refractivity contribution in [3.05, 3.63) is 0 Å². The second kappa shape index (κ2) is 4.57. The molecule has 0 aromatic heterocycles. The molecule has 0 aromatic rings. The maximum atomic E-state index is 12.8. The molecule has 0 bridgehead atoms. The van der Waals surface area contributed by atoms with Crippen LogP contribution >= 0.6 is 0 Å². The van der Waals surface area contributed by atoms with Gasteiger partial charge in [0.25, 0.3) is 0 Å². The van der Waals surface area contributed by atoms with Crippen molar-refractivity contribution in [3.63, 3.8) is 0 Å². The summed E-state index contributed by atoms with van der Waals surface area (Å²) in [5.74, 6) is 0.422. The summed E-state index contributed by atoms with van der Waals surface area (Å²) in [4.78, 5) is 0. The summed E-state index contributed by atoms with van der Waals surface area (Å²) in [5.41, 5.74) is 5.54. The number of rotatable bonds is 3. The van der Waals surface area contributed by atoms with Gasteiger partial charge in [-0.2, -0.15) is 0 Å². The Hall–Kier alpha value is -0.160. The Morgan fingerprint density at radius 2 is 2.14 bits per heavy atom. The highest BCUT2D eigenvalue weighted by Crippen LogP contribution is 2.28. The van der Waals surface area contributed by atoms with Gasteiger partial charge in [0, 0.05) is 0 Å². The van der Waals surface area contributed by atoms with Gasteiger partial charge in [0.2, 0.25) is 0 Å². The SMILES string of the molecule is CC(F)CC1CS(=O)(=O)CCC1CN. The highest BCUT2D eigenvalue weighted by molar-refractivity contribution is 7.91. The Morgan fingerprint density at radius 3 is 2.64 bits per heavy atom. The summed E-state index contributed by atoms with van der Waals surface area (Å²) in [6.07, 6.45) is -0.0283. The van der Waals surface area contributed by atoms with E-state index in [-0.39, 0.29) is 23.3 Å². The molecule has 0 radical (unpaired) electrons. The van der Waals surface area contributed by atoms with Gasteiger partial charge >= 0.3 is 0 Å². The van der Waals surface area contributed by atoms with Crippen LogP contribution in [0.1, 0.15) is 19.8 Å². The van der Waals surface area contributed by atoms with Crippen molar-refractivity contribution < 1.29 is 12.8 Å². The Labute approximate surface area is 84.8 Å². The van der Waals surface area contributed by atoms with Gasteiger partial charge in [-0.1, -0.05) is 0 Å². The molecule has 84 valence electrons. The molecule has 0 amide bonds. The first kappa shape index (κ1) is 11.9. The van der Waals surface area contributed by atoms with E-state index in [9.17, 15) is 12.8 Å². The van der Waals surface area contributed by atoms with Crippen molar-refractivity contribution in [2.75, 3.05) is 18.1 Å². The fourth-order valence-electron chi connectivity index (χ4n) is 2.10. The molecule has 1 fully saturated rings. The van der Waals surface area contributed by atoms with Crippen LogP contribution in [0.3, 0.4) is 0 Å². The quantitative estimate of drug-likeness (QED) is 0.768. The van der Waals surface area contributed by atoms with Crippen LogP contribution in [0, 0.1) is 11.8 Å². The highest BCUT2D eigenvalue weighted by Gasteiger charge is 2.32. The van der Waals surface area contributed by atoms with Gasteiger partial charge in [0.1, 0.15) is 0 Å². The molecule has 0 aliphatic carbocycles. The molecule has 1 heterocycles. The molecular formula is C9H18FNO2S. The summed E-state index contributed by atoms with van der Waals surface area (Å²) < 4.78 is 35.5. The van der Waals surface area contributed by atoms with E-state index in [4.69, 9.17) is 5.73 Å². The maximum Gasteiger partial charge on any atom is 0.150 e. The predicted octanol–water partition coefficient (Wildman–Crippen LogP) is 0.744. The first-order chi connectivity index (χ1) is 6.44. The van der Waals surface area contributed by atoms with Gasteiger partial charge in [0.05, 0.1) is 17.7 Å². The molecule has 1 rings (SSSR count). The molecule has 0 spiro atoms. The minimum absolute atomic E-state index is 0.0845. The first-order valence-electron chi connectivity index (χ1n) is 4.99. The third-order valence-electron chi connectivity index (χ3n) is 2.86. The van der Waals surface area contributed by atoms with E-state index in [1.807, 2.05) is 0 Å².